The molecular weight excluding hydrogens is 456 g/mol. The highest BCUT2D eigenvalue weighted by Gasteiger charge is 2.59. The summed E-state index contributed by atoms with van der Waals surface area (Å²) in [6.45, 7) is 23.0. The lowest BCUT2D eigenvalue weighted by atomic mass is 9.47. The summed E-state index contributed by atoms with van der Waals surface area (Å²) in [7, 11) is -1.63. The first-order chi connectivity index (χ1) is 16.7. The van der Waals surface area contributed by atoms with Crippen molar-refractivity contribution >= 4 is 8.32 Å². The van der Waals surface area contributed by atoms with Crippen molar-refractivity contribution in [3.05, 3.63) is 11.6 Å². The van der Waals surface area contributed by atoms with Gasteiger partial charge in [-0.3, -0.25) is 0 Å². The Kier molecular flexibility index (Phi) is 8.38. The average molecular weight is 517 g/mol. The molecule has 0 saturated heterocycles. The van der Waals surface area contributed by atoms with Gasteiger partial charge in [0.15, 0.2) is 8.32 Å². The standard InChI is InChI=1S/C33H60O2Si/c1-23(22-35-36(8,9)31(3,4)5)11-10-12-24(2)28-15-16-29-27-14-13-25-21-26(34)17-19-32(25,6)30(27)18-20-33(28,29)7/h13,23-24,26-30,34H,10-12,14-22H2,1-9H3/t23-,24-,26+,27?,28-,29+,30?,32+,33-/m1/s1. The number of aliphatic hydroxyl groups is 1. The molecule has 3 saturated carbocycles. The molecule has 3 fully saturated rings. The normalized spacial score (nSPS) is 40.6. The summed E-state index contributed by atoms with van der Waals surface area (Å²) in [5.41, 5.74) is 2.53. The van der Waals surface area contributed by atoms with Gasteiger partial charge in [0.05, 0.1) is 6.10 Å². The lowest BCUT2D eigenvalue weighted by molar-refractivity contribution is -0.0573. The van der Waals surface area contributed by atoms with Crippen LogP contribution >= 0.6 is 0 Å². The first-order valence-electron chi connectivity index (χ1n) is 15.7. The van der Waals surface area contributed by atoms with Gasteiger partial charge in [-0.15, -0.1) is 0 Å². The van der Waals surface area contributed by atoms with Crippen LogP contribution in [0.25, 0.3) is 0 Å². The molecule has 4 aliphatic rings. The maximum absolute atomic E-state index is 10.3. The predicted molar refractivity (Wildman–Crippen MR) is 157 cm³/mol. The summed E-state index contributed by atoms with van der Waals surface area (Å²) in [4.78, 5) is 0. The van der Waals surface area contributed by atoms with Crippen molar-refractivity contribution in [1.82, 2.24) is 0 Å². The van der Waals surface area contributed by atoms with E-state index in [0.717, 1.165) is 49.0 Å². The number of hydrogen-bond acceptors (Lipinski definition) is 2. The third-order valence-corrected chi connectivity index (χ3v) is 17.2. The molecule has 0 spiro atoms. The van der Waals surface area contributed by atoms with Crippen LogP contribution in [0.3, 0.4) is 0 Å². The van der Waals surface area contributed by atoms with E-state index in [2.05, 4.69) is 67.6 Å². The summed E-state index contributed by atoms with van der Waals surface area (Å²) >= 11 is 0. The molecule has 1 N–H and O–H groups in total. The second-order valence-electron chi connectivity index (χ2n) is 16.0. The third-order valence-electron chi connectivity index (χ3n) is 12.7. The van der Waals surface area contributed by atoms with E-state index in [9.17, 15) is 5.11 Å². The fraction of sp³-hybridized carbons (Fsp3) is 0.939. The molecule has 2 unspecified atom stereocenters. The van der Waals surface area contributed by atoms with Crippen LogP contribution in [0.15, 0.2) is 11.6 Å². The molecule has 0 aromatic heterocycles. The lowest BCUT2D eigenvalue weighted by Crippen LogP contribution is -2.50. The Hall–Kier alpha value is -0.123. The van der Waals surface area contributed by atoms with Crippen molar-refractivity contribution in [1.29, 1.82) is 0 Å². The Balaban J connectivity index is 1.31. The minimum absolute atomic E-state index is 0.0900. The minimum atomic E-state index is -1.63. The summed E-state index contributed by atoms with van der Waals surface area (Å²) < 4.78 is 6.52. The zero-order chi connectivity index (χ0) is 26.5. The minimum Gasteiger partial charge on any atom is -0.417 e. The molecule has 0 aromatic rings. The molecule has 0 aliphatic heterocycles. The van der Waals surface area contributed by atoms with Crippen molar-refractivity contribution in [3.8, 4) is 0 Å². The van der Waals surface area contributed by atoms with Crippen LogP contribution < -0.4 is 0 Å². The van der Waals surface area contributed by atoms with Gasteiger partial charge in [0.25, 0.3) is 0 Å². The van der Waals surface area contributed by atoms with Crippen LogP contribution in [0.5, 0.6) is 0 Å². The van der Waals surface area contributed by atoms with Crippen LogP contribution in [-0.4, -0.2) is 26.1 Å². The molecule has 4 aliphatic carbocycles. The van der Waals surface area contributed by atoms with E-state index >= 15 is 0 Å². The van der Waals surface area contributed by atoms with Crippen molar-refractivity contribution < 1.29 is 9.53 Å². The molecule has 0 heterocycles. The molecule has 0 bridgehead atoms. The highest BCUT2D eigenvalue weighted by Crippen LogP contribution is 2.67. The zero-order valence-corrected chi connectivity index (χ0v) is 26.5. The third kappa shape index (κ3) is 5.33. The Morgan fingerprint density at radius 3 is 2.44 bits per heavy atom. The van der Waals surface area contributed by atoms with Crippen LogP contribution in [0, 0.1) is 46.3 Å². The van der Waals surface area contributed by atoms with Crippen LogP contribution in [0.1, 0.15) is 119 Å². The number of fused-ring (bicyclic) bond motifs is 5. The highest BCUT2D eigenvalue weighted by atomic mass is 28.4. The van der Waals surface area contributed by atoms with Crippen LogP contribution in [0.4, 0.5) is 0 Å². The van der Waals surface area contributed by atoms with E-state index in [1.165, 1.54) is 57.8 Å². The van der Waals surface area contributed by atoms with E-state index in [-0.39, 0.29) is 6.10 Å². The molecule has 0 radical (unpaired) electrons. The largest absolute Gasteiger partial charge is 0.417 e. The van der Waals surface area contributed by atoms with Gasteiger partial charge in [-0.05, 0) is 122 Å². The second kappa shape index (κ2) is 10.5. The summed E-state index contributed by atoms with van der Waals surface area (Å²) in [6.07, 6.45) is 16.8. The number of aliphatic hydroxyl groups excluding tert-OH is 1. The maximum Gasteiger partial charge on any atom is 0.191 e. The molecule has 0 amide bonds. The van der Waals surface area contributed by atoms with Gasteiger partial charge >= 0.3 is 0 Å². The van der Waals surface area contributed by atoms with Gasteiger partial charge in [0, 0.05) is 6.61 Å². The summed E-state index contributed by atoms with van der Waals surface area (Å²) in [5.74, 6) is 5.10. The zero-order valence-electron chi connectivity index (χ0n) is 25.5. The van der Waals surface area contributed by atoms with E-state index < -0.39 is 8.32 Å². The molecule has 2 nitrogen and oxygen atoms in total. The highest BCUT2D eigenvalue weighted by molar-refractivity contribution is 6.74. The Morgan fingerprint density at radius 1 is 1.03 bits per heavy atom. The average Bonchev–Trinajstić information content (AvgIpc) is 3.15. The second-order valence-corrected chi connectivity index (χ2v) is 20.8. The first kappa shape index (κ1) is 28.9. The fourth-order valence-electron chi connectivity index (χ4n) is 9.26. The Morgan fingerprint density at radius 2 is 1.75 bits per heavy atom. The predicted octanol–water partition coefficient (Wildman–Crippen LogP) is 9.39. The van der Waals surface area contributed by atoms with Gasteiger partial charge in [-0.1, -0.05) is 73.0 Å². The lowest BCUT2D eigenvalue weighted by Gasteiger charge is -2.58. The molecule has 3 heteroatoms. The van der Waals surface area contributed by atoms with Gasteiger partial charge < -0.3 is 9.53 Å². The van der Waals surface area contributed by atoms with Crippen molar-refractivity contribution in [2.45, 2.75) is 143 Å². The van der Waals surface area contributed by atoms with E-state index in [4.69, 9.17) is 4.43 Å². The van der Waals surface area contributed by atoms with Crippen molar-refractivity contribution in [3.63, 3.8) is 0 Å². The topological polar surface area (TPSA) is 29.5 Å². The van der Waals surface area contributed by atoms with E-state index in [1.807, 2.05) is 0 Å². The Bertz CT molecular complexity index is 796. The smallest absolute Gasteiger partial charge is 0.191 e. The molecule has 208 valence electrons. The van der Waals surface area contributed by atoms with Crippen LogP contribution in [-0.2, 0) is 4.43 Å². The SMILES string of the molecule is C[C@H](CCC[C@@H](C)[C@H]1CC[C@H]2C3CC=C4C[C@@H](O)CC[C@]4(C)C3CC[C@]12C)CO[Si](C)(C)C(C)(C)C. The molecule has 0 aromatic carbocycles. The van der Waals surface area contributed by atoms with E-state index in [1.54, 1.807) is 5.57 Å². The van der Waals surface area contributed by atoms with Gasteiger partial charge in [-0.25, -0.2) is 0 Å². The van der Waals surface area contributed by atoms with Crippen molar-refractivity contribution in [2.75, 3.05) is 6.61 Å². The molecule has 4 rings (SSSR count). The van der Waals surface area contributed by atoms with Crippen LogP contribution in [0.2, 0.25) is 18.1 Å². The maximum atomic E-state index is 10.3. The quantitative estimate of drug-likeness (QED) is 0.257. The molecular formula is C33H60O2Si. The monoisotopic (exact) mass is 516 g/mol. The fourth-order valence-corrected chi connectivity index (χ4v) is 10.4. The van der Waals surface area contributed by atoms with E-state index in [0.29, 0.717) is 21.8 Å². The summed E-state index contributed by atoms with van der Waals surface area (Å²) in [6, 6.07) is 0. The number of rotatable bonds is 8. The van der Waals surface area contributed by atoms with Gasteiger partial charge in [0.1, 0.15) is 0 Å². The number of allylic oxidation sites excluding steroid dienone is 1. The molecule has 36 heavy (non-hydrogen) atoms. The number of hydrogen-bond donors (Lipinski definition) is 1. The molecule has 9 atom stereocenters. The van der Waals surface area contributed by atoms with Crippen molar-refractivity contribution in [2.24, 2.45) is 46.3 Å². The van der Waals surface area contributed by atoms with Gasteiger partial charge in [0.2, 0.25) is 0 Å². The summed E-state index contributed by atoms with van der Waals surface area (Å²) in [5, 5.41) is 10.6. The first-order valence-corrected chi connectivity index (χ1v) is 18.6. The van der Waals surface area contributed by atoms with Gasteiger partial charge in [-0.2, -0.15) is 0 Å². The Labute approximate surface area is 225 Å².